The molecule has 0 spiro atoms. The number of carbonyl (C=O) groups is 2. The number of nitrogens with one attached hydrogen (secondary N) is 1. The van der Waals surface area contributed by atoms with Gasteiger partial charge in [-0.25, -0.2) is 9.59 Å². The molecule has 0 saturated heterocycles. The Bertz CT molecular complexity index is 1290. The highest BCUT2D eigenvalue weighted by Crippen LogP contribution is 2.44. The Morgan fingerprint density at radius 2 is 1.19 bits per heavy atom. The molecule has 0 unspecified atom stereocenters. The van der Waals surface area contributed by atoms with Crippen molar-refractivity contribution in [2.24, 2.45) is 0 Å². The largest absolute Gasteiger partial charge is 0.463 e. The summed E-state index contributed by atoms with van der Waals surface area (Å²) < 4.78 is 10.9. The zero-order chi connectivity index (χ0) is 26.4. The van der Waals surface area contributed by atoms with Gasteiger partial charge in [-0.05, 0) is 30.5 Å². The molecule has 0 saturated carbocycles. The van der Waals surface area contributed by atoms with Gasteiger partial charge in [0.15, 0.2) is 0 Å². The second-order valence-corrected chi connectivity index (χ2v) is 8.16. The zero-order valence-corrected chi connectivity index (χ0v) is 20.5. The first-order valence-electron chi connectivity index (χ1n) is 11.9. The van der Waals surface area contributed by atoms with Crippen LogP contribution in [0.2, 0.25) is 0 Å². The Morgan fingerprint density at radius 1 is 0.757 bits per heavy atom. The van der Waals surface area contributed by atoms with Crippen LogP contribution in [0.1, 0.15) is 36.5 Å². The van der Waals surface area contributed by atoms with E-state index in [1.165, 1.54) is 12.1 Å². The lowest BCUT2D eigenvalue weighted by molar-refractivity contribution is -0.384. The van der Waals surface area contributed by atoms with Crippen LogP contribution in [0.25, 0.3) is 11.4 Å². The van der Waals surface area contributed by atoms with Gasteiger partial charge in [-0.3, -0.25) is 10.1 Å². The average Bonchev–Trinajstić information content (AvgIpc) is 2.93. The molecule has 0 fully saturated rings. The zero-order valence-electron chi connectivity index (χ0n) is 20.5. The minimum Gasteiger partial charge on any atom is -0.463 e. The van der Waals surface area contributed by atoms with Crippen LogP contribution in [-0.2, 0) is 19.1 Å². The first-order valence-corrected chi connectivity index (χ1v) is 11.9. The van der Waals surface area contributed by atoms with Crippen molar-refractivity contribution in [1.82, 2.24) is 5.32 Å². The monoisotopic (exact) mass is 498 g/mol. The van der Waals surface area contributed by atoms with E-state index in [0.717, 1.165) is 0 Å². The van der Waals surface area contributed by atoms with Gasteiger partial charge < -0.3 is 14.8 Å². The van der Waals surface area contributed by atoms with E-state index < -0.39 is 22.8 Å². The van der Waals surface area contributed by atoms with Crippen LogP contribution in [0.5, 0.6) is 0 Å². The second kappa shape index (κ2) is 11.3. The van der Waals surface area contributed by atoms with Crippen molar-refractivity contribution in [1.29, 1.82) is 0 Å². The summed E-state index contributed by atoms with van der Waals surface area (Å²) in [5.41, 5.74) is 3.23. The lowest BCUT2D eigenvalue weighted by Gasteiger charge is -2.33. The lowest BCUT2D eigenvalue weighted by atomic mass is 9.78. The number of rotatable bonds is 8. The number of esters is 2. The first-order chi connectivity index (χ1) is 18.0. The Balaban J connectivity index is 2.06. The molecule has 0 bridgehead atoms. The van der Waals surface area contributed by atoms with Gasteiger partial charge in [-0.1, -0.05) is 72.8 Å². The van der Waals surface area contributed by atoms with E-state index >= 15 is 0 Å². The van der Waals surface area contributed by atoms with Crippen LogP contribution in [0.15, 0.2) is 96.1 Å². The maximum Gasteiger partial charge on any atom is 0.337 e. The molecule has 0 atom stereocenters. The van der Waals surface area contributed by atoms with Crippen LogP contribution in [0.4, 0.5) is 5.69 Å². The van der Waals surface area contributed by atoms with Gasteiger partial charge in [0.2, 0.25) is 0 Å². The molecule has 37 heavy (non-hydrogen) atoms. The predicted octanol–water partition coefficient (Wildman–Crippen LogP) is 5.23. The van der Waals surface area contributed by atoms with E-state index in [1.54, 1.807) is 26.0 Å². The molecule has 1 N–H and O–H groups in total. The molecule has 3 aromatic rings. The van der Waals surface area contributed by atoms with Gasteiger partial charge >= 0.3 is 11.9 Å². The fourth-order valence-electron chi connectivity index (χ4n) is 4.34. The van der Waals surface area contributed by atoms with Gasteiger partial charge in [-0.15, -0.1) is 0 Å². The summed E-state index contributed by atoms with van der Waals surface area (Å²) in [7, 11) is 0. The third-order valence-corrected chi connectivity index (χ3v) is 5.92. The Hall–Kier alpha value is -4.72. The quantitative estimate of drug-likeness (QED) is 0.257. The molecule has 0 aliphatic carbocycles. The second-order valence-electron chi connectivity index (χ2n) is 8.16. The molecule has 8 nitrogen and oxygen atoms in total. The first kappa shape index (κ1) is 25.4. The summed E-state index contributed by atoms with van der Waals surface area (Å²) in [4.78, 5) is 37.8. The summed E-state index contributed by atoms with van der Waals surface area (Å²) in [6.07, 6.45) is 0. The maximum absolute atomic E-state index is 13.5. The van der Waals surface area contributed by atoms with Crippen molar-refractivity contribution in [3.8, 4) is 0 Å². The van der Waals surface area contributed by atoms with Crippen LogP contribution < -0.4 is 5.32 Å². The molecular formula is C29H26N2O6. The number of hydrogen-bond acceptors (Lipinski definition) is 7. The van der Waals surface area contributed by atoms with Crippen LogP contribution in [0, 0.1) is 10.1 Å². The van der Waals surface area contributed by atoms with Crippen molar-refractivity contribution in [2.75, 3.05) is 13.2 Å². The van der Waals surface area contributed by atoms with Crippen molar-refractivity contribution in [3.63, 3.8) is 0 Å². The third-order valence-electron chi connectivity index (χ3n) is 5.92. The molecule has 1 aliphatic rings. The van der Waals surface area contributed by atoms with E-state index in [-0.39, 0.29) is 30.0 Å². The number of non-ortho nitro benzene ring substituents is 1. The van der Waals surface area contributed by atoms with Gasteiger partial charge in [0.05, 0.1) is 46.6 Å². The molecule has 0 aromatic heterocycles. The molecule has 0 amide bonds. The van der Waals surface area contributed by atoms with E-state index in [1.807, 2.05) is 60.7 Å². The smallest absolute Gasteiger partial charge is 0.337 e. The molecule has 188 valence electrons. The topological polar surface area (TPSA) is 108 Å². The average molecular weight is 499 g/mol. The molecule has 1 aliphatic heterocycles. The van der Waals surface area contributed by atoms with Gasteiger partial charge in [0.25, 0.3) is 5.69 Å². The lowest BCUT2D eigenvalue weighted by Crippen LogP contribution is -2.33. The molecule has 3 aromatic carbocycles. The number of nitro groups is 1. The number of hydrogen-bond donors (Lipinski definition) is 1. The Morgan fingerprint density at radius 3 is 1.57 bits per heavy atom. The van der Waals surface area contributed by atoms with Crippen molar-refractivity contribution < 1.29 is 24.0 Å². The molecule has 1 heterocycles. The number of carbonyl (C=O) groups excluding carboxylic acids is 2. The predicted molar refractivity (Wildman–Crippen MR) is 139 cm³/mol. The van der Waals surface area contributed by atoms with Crippen LogP contribution in [-0.4, -0.2) is 30.1 Å². The fourth-order valence-corrected chi connectivity index (χ4v) is 4.34. The minimum absolute atomic E-state index is 0.104. The standard InChI is InChI=1S/C29H26N2O6/c1-3-36-28(32)24-23(19-15-17-22(18-16-19)31(34)35)25(29(33)37-4-2)27(21-13-9-6-10-14-21)30-26(24)20-11-7-5-8-12-20/h5-18,23,30H,3-4H2,1-2H3. The molecule has 4 rings (SSSR count). The fraction of sp³-hybridized carbons (Fsp3) is 0.172. The summed E-state index contributed by atoms with van der Waals surface area (Å²) in [5, 5.41) is 14.7. The van der Waals surface area contributed by atoms with E-state index in [2.05, 4.69) is 5.32 Å². The molecule has 8 heteroatoms. The minimum atomic E-state index is -0.912. The molecular weight excluding hydrogens is 472 g/mol. The van der Waals surface area contributed by atoms with Gasteiger partial charge in [-0.2, -0.15) is 0 Å². The number of benzene rings is 3. The Kier molecular flexibility index (Phi) is 7.78. The van der Waals surface area contributed by atoms with Gasteiger partial charge in [0.1, 0.15) is 0 Å². The van der Waals surface area contributed by atoms with E-state index in [4.69, 9.17) is 9.47 Å². The Labute approximate surface area is 214 Å². The highest BCUT2D eigenvalue weighted by molar-refractivity contribution is 6.10. The maximum atomic E-state index is 13.5. The van der Waals surface area contributed by atoms with Crippen molar-refractivity contribution in [2.45, 2.75) is 19.8 Å². The van der Waals surface area contributed by atoms with E-state index in [0.29, 0.717) is 28.1 Å². The van der Waals surface area contributed by atoms with Crippen LogP contribution in [0.3, 0.4) is 0 Å². The molecule has 0 radical (unpaired) electrons. The number of nitro benzene ring substituents is 1. The summed E-state index contributed by atoms with van der Waals surface area (Å²) in [6, 6.07) is 24.3. The summed E-state index contributed by atoms with van der Waals surface area (Å²) in [6.45, 7) is 3.66. The number of ether oxygens (including phenoxy) is 2. The van der Waals surface area contributed by atoms with Crippen molar-refractivity contribution in [3.05, 3.63) is 123 Å². The SMILES string of the molecule is CCOC(=O)C1=C(c2ccccc2)NC(c2ccccc2)=C(C(=O)OCC)C1c1ccc([N+](=O)[O-])cc1. The highest BCUT2D eigenvalue weighted by Gasteiger charge is 2.40. The van der Waals surface area contributed by atoms with Crippen molar-refractivity contribution >= 4 is 29.0 Å². The van der Waals surface area contributed by atoms with E-state index in [9.17, 15) is 19.7 Å². The third kappa shape index (κ3) is 5.28. The van der Waals surface area contributed by atoms with Gasteiger partial charge in [0, 0.05) is 12.1 Å². The summed E-state index contributed by atoms with van der Waals surface area (Å²) >= 11 is 0. The summed E-state index contributed by atoms with van der Waals surface area (Å²) in [5.74, 6) is -2.12. The normalized spacial score (nSPS) is 13.7. The highest BCUT2D eigenvalue weighted by atomic mass is 16.6. The number of dihydropyridines is 1. The number of nitrogens with zero attached hydrogens (tertiary/aromatic N) is 1. The van der Waals surface area contributed by atoms with Crippen LogP contribution >= 0.6 is 0 Å².